The van der Waals surface area contributed by atoms with E-state index < -0.39 is 11.6 Å². The van der Waals surface area contributed by atoms with Gasteiger partial charge in [-0.05, 0) is 35.3 Å². The third-order valence-corrected chi connectivity index (χ3v) is 6.51. The number of carboxylic acid groups (broad SMARTS) is 1. The van der Waals surface area contributed by atoms with Crippen LogP contribution in [0.5, 0.6) is 0 Å². The third kappa shape index (κ3) is 2.61. The smallest absolute Gasteiger partial charge is 0.410 e. The quantitative estimate of drug-likeness (QED) is 0.788. The van der Waals surface area contributed by atoms with Gasteiger partial charge in [0.05, 0.1) is 23.5 Å². The summed E-state index contributed by atoms with van der Waals surface area (Å²) in [5, 5.41) is 13.8. The molecule has 1 atom stereocenters. The highest BCUT2D eigenvalue weighted by atomic mass is 79.9. The minimum atomic E-state index is -1.08. The van der Waals surface area contributed by atoms with Gasteiger partial charge in [-0.25, -0.2) is 4.79 Å². The van der Waals surface area contributed by atoms with Crippen LogP contribution in [-0.2, 0) is 10.3 Å². The Bertz CT molecular complexity index is 585. The van der Waals surface area contributed by atoms with Crippen molar-refractivity contribution < 1.29 is 14.6 Å². The Kier molecular flexibility index (Phi) is 3.60. The van der Waals surface area contributed by atoms with Crippen LogP contribution in [0.25, 0.3) is 0 Å². The Balaban J connectivity index is 1.97. The monoisotopic (exact) mass is 376 g/mol. The Morgan fingerprint density at radius 1 is 1.60 bits per heavy atom. The van der Waals surface area contributed by atoms with Gasteiger partial charge in [0.1, 0.15) is 0 Å². The molecule has 108 valence electrons. The standard InChI is InChI=1S/C12H13BrN2O3S2/c1-11(8-2-7(13)3-19-8)4-12(5-18-6-12)20-9(15-11)14-10(16)17/h2-3H,4-6H2,1H3,(H,14,15)(H,16,17). The summed E-state index contributed by atoms with van der Waals surface area (Å²) in [6.07, 6.45) is -0.231. The molecule has 0 aliphatic carbocycles. The van der Waals surface area contributed by atoms with Crippen LogP contribution in [0.15, 0.2) is 20.9 Å². The van der Waals surface area contributed by atoms with Crippen molar-refractivity contribution in [3.05, 3.63) is 20.8 Å². The van der Waals surface area contributed by atoms with Crippen LogP contribution in [0.3, 0.4) is 0 Å². The number of thiophene rings is 1. The molecule has 2 N–H and O–H groups in total. The lowest BCUT2D eigenvalue weighted by Gasteiger charge is -2.47. The van der Waals surface area contributed by atoms with Crippen molar-refractivity contribution in [1.82, 2.24) is 5.32 Å². The highest BCUT2D eigenvalue weighted by molar-refractivity contribution is 9.10. The average molecular weight is 377 g/mol. The van der Waals surface area contributed by atoms with Gasteiger partial charge in [0.25, 0.3) is 0 Å². The van der Waals surface area contributed by atoms with E-state index in [-0.39, 0.29) is 4.75 Å². The van der Waals surface area contributed by atoms with Crippen LogP contribution in [0.4, 0.5) is 4.79 Å². The molecule has 0 radical (unpaired) electrons. The summed E-state index contributed by atoms with van der Waals surface area (Å²) in [5.41, 5.74) is -0.413. The van der Waals surface area contributed by atoms with Gasteiger partial charge in [-0.15, -0.1) is 11.3 Å². The van der Waals surface area contributed by atoms with Crippen molar-refractivity contribution in [2.75, 3.05) is 13.2 Å². The van der Waals surface area contributed by atoms with E-state index >= 15 is 0 Å². The first kappa shape index (κ1) is 14.4. The number of hydrogen-bond donors (Lipinski definition) is 2. The zero-order valence-corrected chi connectivity index (χ0v) is 13.9. The van der Waals surface area contributed by atoms with E-state index in [9.17, 15) is 4.79 Å². The van der Waals surface area contributed by atoms with E-state index in [0.717, 1.165) is 15.8 Å². The first-order valence-corrected chi connectivity index (χ1v) is 8.51. The van der Waals surface area contributed by atoms with E-state index in [1.165, 1.54) is 11.8 Å². The molecule has 2 aliphatic rings. The number of amides is 1. The molecule has 1 amide bonds. The van der Waals surface area contributed by atoms with Crippen LogP contribution in [0.1, 0.15) is 18.2 Å². The van der Waals surface area contributed by atoms with E-state index in [0.29, 0.717) is 18.4 Å². The summed E-state index contributed by atoms with van der Waals surface area (Å²) in [7, 11) is 0. The molecule has 0 bridgehead atoms. The van der Waals surface area contributed by atoms with Crippen molar-refractivity contribution in [2.45, 2.75) is 23.6 Å². The molecule has 5 nitrogen and oxygen atoms in total. The first-order valence-electron chi connectivity index (χ1n) is 6.02. The fraction of sp³-hybridized carbons (Fsp3) is 0.500. The SMILES string of the molecule is CC1(c2cc(Br)cs2)CC2(COC2)SC(NC(=O)O)=N1. The van der Waals surface area contributed by atoms with Crippen molar-refractivity contribution in [3.63, 3.8) is 0 Å². The fourth-order valence-electron chi connectivity index (χ4n) is 2.53. The molecule has 20 heavy (non-hydrogen) atoms. The number of ether oxygens (including phenoxy) is 1. The van der Waals surface area contributed by atoms with Gasteiger partial charge in [0, 0.05) is 14.7 Å². The summed E-state index contributed by atoms with van der Waals surface area (Å²) in [5.74, 6) is 0. The highest BCUT2D eigenvalue weighted by Gasteiger charge is 2.50. The molecule has 0 saturated carbocycles. The van der Waals surface area contributed by atoms with Gasteiger partial charge in [-0.3, -0.25) is 10.3 Å². The van der Waals surface area contributed by atoms with Crippen LogP contribution < -0.4 is 5.32 Å². The van der Waals surface area contributed by atoms with Gasteiger partial charge in [-0.1, -0.05) is 11.8 Å². The van der Waals surface area contributed by atoms with Gasteiger partial charge in [0.2, 0.25) is 0 Å². The maximum Gasteiger partial charge on any atom is 0.410 e. The summed E-state index contributed by atoms with van der Waals surface area (Å²) < 4.78 is 6.31. The van der Waals surface area contributed by atoms with E-state index in [1.54, 1.807) is 11.3 Å². The molecule has 3 rings (SSSR count). The topological polar surface area (TPSA) is 70.9 Å². The van der Waals surface area contributed by atoms with Crippen LogP contribution in [-0.4, -0.2) is 34.3 Å². The summed E-state index contributed by atoms with van der Waals surface area (Å²) in [6.45, 7) is 3.33. The van der Waals surface area contributed by atoms with Crippen molar-refractivity contribution in [3.8, 4) is 0 Å². The van der Waals surface area contributed by atoms with Crippen molar-refractivity contribution >= 4 is 50.3 Å². The lowest BCUT2D eigenvalue weighted by Crippen LogP contribution is -2.55. The Labute approximate surface area is 132 Å². The molecule has 0 aromatic carbocycles. The molecule has 1 saturated heterocycles. The number of thioether (sulfide) groups is 1. The van der Waals surface area contributed by atoms with Crippen molar-refractivity contribution in [1.29, 1.82) is 0 Å². The minimum Gasteiger partial charge on any atom is -0.465 e. The average Bonchev–Trinajstić information content (AvgIpc) is 2.73. The second-order valence-electron chi connectivity index (χ2n) is 5.20. The molecule has 2 aliphatic heterocycles. The zero-order valence-electron chi connectivity index (χ0n) is 10.7. The molecule has 1 aromatic rings. The second kappa shape index (κ2) is 5.01. The number of nitrogens with zero attached hydrogens (tertiary/aromatic N) is 1. The Hall–Kier alpha value is -0.570. The lowest BCUT2D eigenvalue weighted by atomic mass is 9.86. The van der Waals surface area contributed by atoms with Crippen LogP contribution in [0, 0.1) is 0 Å². The highest BCUT2D eigenvalue weighted by Crippen LogP contribution is 2.50. The van der Waals surface area contributed by atoms with Crippen molar-refractivity contribution in [2.24, 2.45) is 4.99 Å². The number of amidine groups is 1. The lowest BCUT2D eigenvalue weighted by molar-refractivity contribution is -0.0207. The van der Waals surface area contributed by atoms with Gasteiger partial charge in [-0.2, -0.15) is 0 Å². The molecule has 8 heteroatoms. The zero-order chi connectivity index (χ0) is 14.4. The number of carbonyl (C=O) groups is 1. The van der Waals surface area contributed by atoms with E-state index in [1.807, 2.05) is 5.38 Å². The Morgan fingerprint density at radius 3 is 2.85 bits per heavy atom. The second-order valence-corrected chi connectivity index (χ2v) is 8.49. The van der Waals surface area contributed by atoms with Gasteiger partial charge in [0.15, 0.2) is 5.17 Å². The Morgan fingerprint density at radius 2 is 2.35 bits per heavy atom. The van der Waals surface area contributed by atoms with Gasteiger partial charge < -0.3 is 9.84 Å². The molecule has 1 aromatic heterocycles. The number of aliphatic imine (C=N–C) groups is 1. The molecular formula is C12H13BrN2O3S2. The maximum atomic E-state index is 10.9. The number of rotatable bonds is 1. The van der Waals surface area contributed by atoms with Gasteiger partial charge >= 0.3 is 6.09 Å². The summed E-state index contributed by atoms with van der Waals surface area (Å²) in [6, 6.07) is 2.05. The number of nitrogens with one attached hydrogen (secondary N) is 1. The van der Waals surface area contributed by atoms with Crippen LogP contribution in [0.2, 0.25) is 0 Å². The predicted octanol–water partition coefficient (Wildman–Crippen LogP) is 3.26. The third-order valence-electron chi connectivity index (χ3n) is 3.37. The largest absolute Gasteiger partial charge is 0.465 e. The fourth-order valence-corrected chi connectivity index (χ4v) is 5.50. The molecule has 3 heterocycles. The minimum absolute atomic E-state index is 0.0647. The summed E-state index contributed by atoms with van der Waals surface area (Å²) in [4.78, 5) is 16.7. The maximum absolute atomic E-state index is 10.9. The van der Waals surface area contributed by atoms with E-state index in [2.05, 4.69) is 39.2 Å². The summed E-state index contributed by atoms with van der Waals surface area (Å²) >= 11 is 6.57. The molecule has 1 fully saturated rings. The number of hydrogen-bond acceptors (Lipinski definition) is 5. The van der Waals surface area contributed by atoms with Crippen LogP contribution >= 0.6 is 39.0 Å². The predicted molar refractivity (Wildman–Crippen MR) is 83.7 cm³/mol. The molecule has 1 unspecified atom stereocenters. The molecule has 1 spiro atoms. The normalized spacial score (nSPS) is 27.8. The first-order chi connectivity index (χ1) is 9.41. The van der Waals surface area contributed by atoms with E-state index in [4.69, 9.17) is 9.84 Å². The number of halogens is 1. The molecular weight excluding hydrogens is 364 g/mol.